The minimum absolute atomic E-state index is 0.102. The molecule has 4 nitrogen and oxygen atoms in total. The first kappa shape index (κ1) is 9.71. The highest BCUT2D eigenvalue weighted by Gasteiger charge is 2.18. The SMILES string of the molecule is Cn1ncc(NC2CCC2)c(Br)c1=O. The van der Waals surface area contributed by atoms with E-state index in [1.54, 1.807) is 13.2 Å². The predicted molar refractivity (Wildman–Crippen MR) is 58.4 cm³/mol. The topological polar surface area (TPSA) is 46.9 Å². The van der Waals surface area contributed by atoms with Gasteiger partial charge in [-0.25, -0.2) is 4.68 Å². The maximum Gasteiger partial charge on any atom is 0.282 e. The van der Waals surface area contributed by atoms with Gasteiger partial charge in [0.05, 0.1) is 11.9 Å². The molecule has 0 aliphatic heterocycles. The van der Waals surface area contributed by atoms with Crippen molar-refractivity contribution in [3.63, 3.8) is 0 Å². The summed E-state index contributed by atoms with van der Waals surface area (Å²) in [6.07, 6.45) is 5.32. The minimum Gasteiger partial charge on any atom is -0.380 e. The predicted octanol–water partition coefficient (Wildman–Crippen LogP) is 1.51. The third-order valence-corrected chi connectivity index (χ3v) is 3.31. The van der Waals surface area contributed by atoms with Gasteiger partial charge in [-0.15, -0.1) is 0 Å². The summed E-state index contributed by atoms with van der Waals surface area (Å²) in [5.41, 5.74) is 0.701. The first-order valence-corrected chi connectivity index (χ1v) is 5.46. The third kappa shape index (κ3) is 1.68. The summed E-state index contributed by atoms with van der Waals surface area (Å²) in [5, 5.41) is 7.25. The molecule has 0 atom stereocenters. The second-order valence-corrected chi connectivity index (χ2v) is 4.37. The van der Waals surface area contributed by atoms with E-state index in [-0.39, 0.29) is 5.56 Å². The van der Waals surface area contributed by atoms with Crippen LogP contribution in [-0.4, -0.2) is 15.8 Å². The van der Waals surface area contributed by atoms with Crippen molar-refractivity contribution in [2.45, 2.75) is 25.3 Å². The number of aryl methyl sites for hydroxylation is 1. The van der Waals surface area contributed by atoms with Crippen LogP contribution in [0.15, 0.2) is 15.5 Å². The molecule has 1 N–H and O–H groups in total. The minimum atomic E-state index is -0.102. The molecule has 1 fully saturated rings. The van der Waals surface area contributed by atoms with E-state index in [0.717, 1.165) is 5.69 Å². The first-order chi connectivity index (χ1) is 6.68. The van der Waals surface area contributed by atoms with Crippen LogP contribution in [0, 0.1) is 0 Å². The standard InChI is InChI=1S/C9H12BrN3O/c1-13-9(14)8(10)7(5-11-13)12-6-3-2-4-6/h5-6,12H,2-4H2,1H3. The van der Waals surface area contributed by atoms with Crippen LogP contribution in [0.3, 0.4) is 0 Å². The lowest BCUT2D eigenvalue weighted by atomic mass is 9.93. The molecule has 1 heterocycles. The summed E-state index contributed by atoms with van der Waals surface area (Å²) in [6.45, 7) is 0. The summed E-state index contributed by atoms with van der Waals surface area (Å²) in [7, 11) is 1.64. The summed E-state index contributed by atoms with van der Waals surface area (Å²) in [6, 6.07) is 0.514. The van der Waals surface area contributed by atoms with E-state index in [1.165, 1.54) is 23.9 Å². The molecule has 1 aliphatic carbocycles. The van der Waals surface area contributed by atoms with Crippen LogP contribution in [0.25, 0.3) is 0 Å². The zero-order chi connectivity index (χ0) is 10.1. The highest BCUT2D eigenvalue weighted by molar-refractivity contribution is 9.10. The molecule has 0 amide bonds. The van der Waals surface area contributed by atoms with E-state index < -0.39 is 0 Å². The summed E-state index contributed by atoms with van der Waals surface area (Å²) in [4.78, 5) is 11.5. The molecule has 1 saturated carbocycles. The monoisotopic (exact) mass is 257 g/mol. The normalized spacial score (nSPS) is 16.4. The summed E-state index contributed by atoms with van der Waals surface area (Å²) < 4.78 is 1.89. The highest BCUT2D eigenvalue weighted by atomic mass is 79.9. The number of hydrogen-bond acceptors (Lipinski definition) is 3. The average molecular weight is 258 g/mol. The molecule has 0 radical (unpaired) electrons. The van der Waals surface area contributed by atoms with Crippen LogP contribution in [0.2, 0.25) is 0 Å². The number of hydrogen-bond donors (Lipinski definition) is 1. The lowest BCUT2D eigenvalue weighted by Gasteiger charge is -2.27. The van der Waals surface area contributed by atoms with Gasteiger partial charge in [0, 0.05) is 13.1 Å². The molecule has 0 bridgehead atoms. The number of nitrogens with zero attached hydrogens (tertiary/aromatic N) is 2. The molecule has 0 unspecified atom stereocenters. The van der Waals surface area contributed by atoms with Gasteiger partial charge >= 0.3 is 0 Å². The molecular formula is C9H12BrN3O. The van der Waals surface area contributed by atoms with Gasteiger partial charge in [-0.05, 0) is 35.2 Å². The maximum atomic E-state index is 11.5. The van der Waals surface area contributed by atoms with Crippen LogP contribution in [0.1, 0.15) is 19.3 Å². The Morgan fingerprint density at radius 2 is 2.36 bits per heavy atom. The molecule has 5 heteroatoms. The summed E-state index contributed by atoms with van der Waals surface area (Å²) >= 11 is 3.28. The highest BCUT2D eigenvalue weighted by Crippen LogP contribution is 2.25. The van der Waals surface area contributed by atoms with Crippen LogP contribution in [0.5, 0.6) is 0 Å². The number of rotatable bonds is 2. The molecular weight excluding hydrogens is 246 g/mol. The van der Waals surface area contributed by atoms with Crippen molar-refractivity contribution >= 4 is 21.6 Å². The molecule has 1 aliphatic rings. The van der Waals surface area contributed by atoms with Crippen molar-refractivity contribution < 1.29 is 0 Å². The molecule has 0 saturated heterocycles. The van der Waals surface area contributed by atoms with Crippen molar-refractivity contribution in [3.05, 3.63) is 21.0 Å². The van der Waals surface area contributed by atoms with Crippen LogP contribution >= 0.6 is 15.9 Å². The second kappa shape index (κ2) is 3.73. The Bertz CT molecular complexity index is 398. The lowest BCUT2D eigenvalue weighted by molar-refractivity contribution is 0.445. The zero-order valence-corrected chi connectivity index (χ0v) is 9.54. The van der Waals surface area contributed by atoms with Crippen molar-refractivity contribution in [3.8, 4) is 0 Å². The van der Waals surface area contributed by atoms with Gasteiger partial charge in [0.2, 0.25) is 0 Å². The van der Waals surface area contributed by atoms with Gasteiger partial charge < -0.3 is 5.32 Å². The first-order valence-electron chi connectivity index (χ1n) is 4.67. The Labute approximate surface area is 90.4 Å². The Hall–Kier alpha value is -0.840. The van der Waals surface area contributed by atoms with Crippen molar-refractivity contribution in [1.82, 2.24) is 9.78 Å². The van der Waals surface area contributed by atoms with Crippen molar-refractivity contribution in [2.75, 3.05) is 5.32 Å². The van der Waals surface area contributed by atoms with Crippen LogP contribution in [-0.2, 0) is 7.05 Å². The molecule has 1 aromatic rings. The Morgan fingerprint density at radius 1 is 1.64 bits per heavy atom. The van der Waals surface area contributed by atoms with Gasteiger partial charge in [-0.3, -0.25) is 4.79 Å². The van der Waals surface area contributed by atoms with E-state index in [2.05, 4.69) is 26.3 Å². The molecule has 0 spiro atoms. The number of anilines is 1. The van der Waals surface area contributed by atoms with Crippen LogP contribution in [0.4, 0.5) is 5.69 Å². The zero-order valence-electron chi connectivity index (χ0n) is 7.96. The maximum absolute atomic E-state index is 11.5. The number of halogens is 1. The van der Waals surface area contributed by atoms with E-state index in [1.807, 2.05) is 0 Å². The van der Waals surface area contributed by atoms with Crippen LogP contribution < -0.4 is 10.9 Å². The average Bonchev–Trinajstić information content (AvgIpc) is 2.10. The smallest absolute Gasteiger partial charge is 0.282 e. The lowest BCUT2D eigenvalue weighted by Crippen LogP contribution is -2.29. The van der Waals surface area contributed by atoms with Gasteiger partial charge in [0.25, 0.3) is 5.56 Å². The number of nitrogens with one attached hydrogen (secondary N) is 1. The van der Waals surface area contributed by atoms with Crippen molar-refractivity contribution in [2.24, 2.45) is 7.05 Å². The quantitative estimate of drug-likeness (QED) is 0.874. The fraction of sp³-hybridized carbons (Fsp3) is 0.556. The van der Waals surface area contributed by atoms with E-state index in [9.17, 15) is 4.79 Å². The van der Waals surface area contributed by atoms with E-state index in [4.69, 9.17) is 0 Å². The van der Waals surface area contributed by atoms with E-state index >= 15 is 0 Å². The Balaban J connectivity index is 2.25. The third-order valence-electron chi connectivity index (χ3n) is 2.54. The Morgan fingerprint density at radius 3 is 2.93 bits per heavy atom. The fourth-order valence-corrected chi connectivity index (χ4v) is 1.86. The molecule has 1 aromatic heterocycles. The molecule has 2 rings (SSSR count). The van der Waals surface area contributed by atoms with E-state index in [0.29, 0.717) is 10.5 Å². The number of aromatic nitrogens is 2. The van der Waals surface area contributed by atoms with Crippen molar-refractivity contribution in [1.29, 1.82) is 0 Å². The summed E-state index contributed by atoms with van der Waals surface area (Å²) in [5.74, 6) is 0. The molecule has 76 valence electrons. The largest absolute Gasteiger partial charge is 0.380 e. The molecule has 14 heavy (non-hydrogen) atoms. The fourth-order valence-electron chi connectivity index (χ4n) is 1.38. The van der Waals surface area contributed by atoms with Gasteiger partial charge in [0.1, 0.15) is 4.47 Å². The molecule has 0 aromatic carbocycles. The Kier molecular flexibility index (Phi) is 2.58. The van der Waals surface area contributed by atoms with Gasteiger partial charge in [-0.2, -0.15) is 5.10 Å². The second-order valence-electron chi connectivity index (χ2n) is 3.57. The van der Waals surface area contributed by atoms with Gasteiger partial charge in [-0.1, -0.05) is 0 Å². The van der Waals surface area contributed by atoms with Gasteiger partial charge in [0.15, 0.2) is 0 Å².